The van der Waals surface area contributed by atoms with Gasteiger partial charge in [0.1, 0.15) is 0 Å². The Morgan fingerprint density at radius 3 is 2.83 bits per heavy atom. The van der Waals surface area contributed by atoms with Crippen molar-refractivity contribution in [2.24, 2.45) is 0 Å². The molecule has 1 aliphatic heterocycles. The average Bonchev–Trinajstić information content (AvgIpc) is 2.13. The molecule has 1 aliphatic carbocycles. The van der Waals surface area contributed by atoms with Gasteiger partial charge in [-0.25, -0.2) is 0 Å². The highest BCUT2D eigenvalue weighted by Gasteiger charge is 2.33. The van der Waals surface area contributed by atoms with Crippen molar-refractivity contribution in [3.63, 3.8) is 0 Å². The van der Waals surface area contributed by atoms with Crippen molar-refractivity contribution in [2.75, 3.05) is 6.61 Å². The van der Waals surface area contributed by atoms with Gasteiger partial charge in [-0.05, 0) is 45.4 Å². The van der Waals surface area contributed by atoms with Gasteiger partial charge in [-0.1, -0.05) is 11.6 Å². The van der Waals surface area contributed by atoms with E-state index in [1.807, 2.05) is 0 Å². The maximum absolute atomic E-state index is 5.91. The molecule has 1 unspecified atom stereocenters. The van der Waals surface area contributed by atoms with Gasteiger partial charge < -0.3 is 4.74 Å². The van der Waals surface area contributed by atoms with E-state index in [0.29, 0.717) is 0 Å². The van der Waals surface area contributed by atoms with Gasteiger partial charge in [0.15, 0.2) is 0 Å². The van der Waals surface area contributed by atoms with Crippen LogP contribution in [0.15, 0.2) is 11.6 Å². The third-order valence-corrected chi connectivity index (χ3v) is 3.23. The van der Waals surface area contributed by atoms with Crippen LogP contribution in [0.25, 0.3) is 0 Å². The van der Waals surface area contributed by atoms with Crippen molar-refractivity contribution in [3.8, 4) is 0 Å². The number of allylic oxidation sites excluding steroid dienone is 1. The summed E-state index contributed by atoms with van der Waals surface area (Å²) < 4.78 is 5.91. The predicted octanol–water partition coefficient (Wildman–Crippen LogP) is 3.06. The van der Waals surface area contributed by atoms with Gasteiger partial charge in [0, 0.05) is 6.61 Å². The SMILES string of the molecule is CC1=CCC2(CCCCO2)CC1. The third-order valence-electron chi connectivity index (χ3n) is 3.23. The summed E-state index contributed by atoms with van der Waals surface area (Å²) in [5.74, 6) is 0. The highest BCUT2D eigenvalue weighted by atomic mass is 16.5. The van der Waals surface area contributed by atoms with Gasteiger partial charge in [0.2, 0.25) is 0 Å². The fourth-order valence-corrected chi connectivity index (χ4v) is 2.26. The quantitative estimate of drug-likeness (QED) is 0.502. The summed E-state index contributed by atoms with van der Waals surface area (Å²) in [6, 6.07) is 0. The largest absolute Gasteiger partial charge is 0.375 e. The Morgan fingerprint density at radius 1 is 1.33 bits per heavy atom. The second kappa shape index (κ2) is 3.21. The molecule has 68 valence electrons. The molecule has 2 aliphatic rings. The molecule has 2 rings (SSSR count). The van der Waals surface area contributed by atoms with Gasteiger partial charge >= 0.3 is 0 Å². The van der Waals surface area contributed by atoms with Crippen molar-refractivity contribution >= 4 is 0 Å². The fraction of sp³-hybridized carbons (Fsp3) is 0.818. The zero-order valence-corrected chi connectivity index (χ0v) is 7.94. The lowest BCUT2D eigenvalue weighted by atomic mass is 9.81. The molecule has 1 heteroatoms. The zero-order chi connectivity index (χ0) is 8.44. The first-order valence-corrected chi connectivity index (χ1v) is 5.10. The zero-order valence-electron chi connectivity index (χ0n) is 7.94. The smallest absolute Gasteiger partial charge is 0.0719 e. The second-order valence-electron chi connectivity index (χ2n) is 4.24. The van der Waals surface area contributed by atoms with Crippen LogP contribution in [0, 0.1) is 0 Å². The van der Waals surface area contributed by atoms with Gasteiger partial charge in [-0.15, -0.1) is 0 Å². The van der Waals surface area contributed by atoms with Crippen LogP contribution in [0.2, 0.25) is 0 Å². The van der Waals surface area contributed by atoms with Crippen LogP contribution in [0.5, 0.6) is 0 Å². The van der Waals surface area contributed by atoms with Crippen LogP contribution in [0.1, 0.15) is 45.4 Å². The first-order chi connectivity index (χ1) is 5.81. The summed E-state index contributed by atoms with van der Waals surface area (Å²) in [6.45, 7) is 3.22. The summed E-state index contributed by atoms with van der Waals surface area (Å²) >= 11 is 0. The minimum Gasteiger partial charge on any atom is -0.375 e. The Hall–Kier alpha value is -0.300. The number of hydrogen-bond acceptors (Lipinski definition) is 1. The summed E-state index contributed by atoms with van der Waals surface area (Å²) in [4.78, 5) is 0. The lowest BCUT2D eigenvalue weighted by Crippen LogP contribution is -2.37. The molecule has 1 saturated heterocycles. The molecule has 1 heterocycles. The summed E-state index contributed by atoms with van der Waals surface area (Å²) in [5.41, 5.74) is 1.81. The molecule has 0 amide bonds. The van der Waals surface area contributed by atoms with E-state index in [0.717, 1.165) is 6.61 Å². The maximum Gasteiger partial charge on any atom is 0.0719 e. The van der Waals surface area contributed by atoms with Crippen LogP contribution in [-0.4, -0.2) is 12.2 Å². The fourth-order valence-electron chi connectivity index (χ4n) is 2.26. The van der Waals surface area contributed by atoms with E-state index in [4.69, 9.17) is 4.74 Å². The van der Waals surface area contributed by atoms with E-state index in [-0.39, 0.29) is 5.60 Å². The predicted molar refractivity (Wildman–Crippen MR) is 50.1 cm³/mol. The Balaban J connectivity index is 2.02. The van der Waals surface area contributed by atoms with Crippen molar-refractivity contribution in [1.29, 1.82) is 0 Å². The lowest BCUT2D eigenvalue weighted by Gasteiger charge is -2.39. The van der Waals surface area contributed by atoms with Crippen LogP contribution in [0.3, 0.4) is 0 Å². The third kappa shape index (κ3) is 1.56. The Labute approximate surface area is 74.8 Å². The number of ether oxygens (including phenoxy) is 1. The summed E-state index contributed by atoms with van der Waals surface area (Å²) in [7, 11) is 0. The normalized spacial score (nSPS) is 36.6. The Kier molecular flexibility index (Phi) is 2.22. The van der Waals surface area contributed by atoms with E-state index < -0.39 is 0 Å². The van der Waals surface area contributed by atoms with Crippen molar-refractivity contribution in [2.45, 2.75) is 51.0 Å². The van der Waals surface area contributed by atoms with Gasteiger partial charge in [0.25, 0.3) is 0 Å². The topological polar surface area (TPSA) is 9.23 Å². The molecule has 0 saturated carbocycles. The molecule has 0 radical (unpaired) electrons. The van der Waals surface area contributed by atoms with E-state index >= 15 is 0 Å². The molecule has 0 aromatic rings. The molecule has 0 aromatic carbocycles. The summed E-state index contributed by atoms with van der Waals surface area (Å²) in [5, 5.41) is 0. The molecule has 1 atom stereocenters. The first-order valence-electron chi connectivity index (χ1n) is 5.10. The van der Waals surface area contributed by atoms with Gasteiger partial charge in [-0.3, -0.25) is 0 Å². The molecular weight excluding hydrogens is 148 g/mol. The number of hydrogen-bond donors (Lipinski definition) is 0. The highest BCUT2D eigenvalue weighted by molar-refractivity contribution is 5.08. The molecule has 12 heavy (non-hydrogen) atoms. The standard InChI is InChI=1S/C11H18O/c1-10-4-7-11(8-5-10)6-2-3-9-12-11/h4H,2-3,5-9H2,1H3. The minimum atomic E-state index is 0.262. The van der Waals surface area contributed by atoms with Crippen LogP contribution >= 0.6 is 0 Å². The maximum atomic E-state index is 5.91. The van der Waals surface area contributed by atoms with E-state index in [1.54, 1.807) is 5.57 Å². The van der Waals surface area contributed by atoms with E-state index in [9.17, 15) is 0 Å². The molecular formula is C11H18O. The molecule has 1 spiro atoms. The molecule has 0 bridgehead atoms. The molecule has 1 fully saturated rings. The highest BCUT2D eigenvalue weighted by Crippen LogP contribution is 2.37. The van der Waals surface area contributed by atoms with Crippen LogP contribution < -0.4 is 0 Å². The van der Waals surface area contributed by atoms with Crippen molar-refractivity contribution in [1.82, 2.24) is 0 Å². The van der Waals surface area contributed by atoms with Crippen molar-refractivity contribution < 1.29 is 4.74 Å². The van der Waals surface area contributed by atoms with Crippen molar-refractivity contribution in [3.05, 3.63) is 11.6 Å². The molecule has 1 nitrogen and oxygen atoms in total. The average molecular weight is 166 g/mol. The minimum absolute atomic E-state index is 0.262. The lowest BCUT2D eigenvalue weighted by molar-refractivity contribution is -0.0838. The monoisotopic (exact) mass is 166 g/mol. The van der Waals surface area contributed by atoms with Crippen LogP contribution in [0.4, 0.5) is 0 Å². The summed E-state index contributed by atoms with van der Waals surface area (Å²) in [6.07, 6.45) is 9.97. The molecule has 0 N–H and O–H groups in total. The van der Waals surface area contributed by atoms with E-state index in [1.165, 1.54) is 38.5 Å². The Morgan fingerprint density at radius 2 is 2.25 bits per heavy atom. The van der Waals surface area contributed by atoms with Gasteiger partial charge in [0.05, 0.1) is 5.60 Å². The van der Waals surface area contributed by atoms with E-state index in [2.05, 4.69) is 13.0 Å². The second-order valence-corrected chi connectivity index (χ2v) is 4.24. The Bertz CT molecular complexity index is 187. The molecule has 0 aromatic heterocycles. The first kappa shape index (κ1) is 8.31. The van der Waals surface area contributed by atoms with Crippen LogP contribution in [-0.2, 0) is 4.74 Å². The van der Waals surface area contributed by atoms with Gasteiger partial charge in [-0.2, -0.15) is 0 Å². The number of rotatable bonds is 0.